The molecule has 0 bridgehead atoms. The van der Waals surface area contributed by atoms with Crippen molar-refractivity contribution in [1.29, 1.82) is 0 Å². The van der Waals surface area contributed by atoms with Crippen molar-refractivity contribution in [2.45, 2.75) is 25.7 Å². The van der Waals surface area contributed by atoms with Crippen molar-refractivity contribution in [3.8, 4) is 0 Å². The van der Waals surface area contributed by atoms with Crippen LogP contribution in [0, 0.1) is 5.92 Å². The molecule has 0 radical (unpaired) electrons. The van der Waals surface area contributed by atoms with Crippen molar-refractivity contribution in [3.05, 3.63) is 0 Å². The highest BCUT2D eigenvalue weighted by molar-refractivity contribution is 4.76. The molecule has 0 aromatic rings. The van der Waals surface area contributed by atoms with Gasteiger partial charge in [-0.2, -0.15) is 0 Å². The molecule has 15 heavy (non-hydrogen) atoms. The maximum absolute atomic E-state index is 5.60. The quantitative estimate of drug-likeness (QED) is 0.745. The predicted molar refractivity (Wildman–Crippen MR) is 63.9 cm³/mol. The van der Waals surface area contributed by atoms with E-state index in [9.17, 15) is 0 Å². The maximum atomic E-state index is 5.60. The van der Waals surface area contributed by atoms with E-state index in [1.807, 2.05) is 0 Å². The van der Waals surface area contributed by atoms with Crippen LogP contribution >= 0.6 is 0 Å². The van der Waals surface area contributed by atoms with Crippen LogP contribution in [0.1, 0.15) is 25.7 Å². The minimum Gasteiger partial charge on any atom is -0.329 e. The van der Waals surface area contributed by atoms with Gasteiger partial charge in [-0.05, 0) is 38.3 Å². The van der Waals surface area contributed by atoms with Gasteiger partial charge in [0, 0.05) is 32.7 Å². The lowest BCUT2D eigenvalue weighted by atomic mass is 9.85. The van der Waals surface area contributed by atoms with Crippen LogP contribution in [0.4, 0.5) is 0 Å². The Kier molecular flexibility index (Phi) is 4.42. The topological polar surface area (TPSA) is 32.5 Å². The van der Waals surface area contributed by atoms with Gasteiger partial charge in [0.25, 0.3) is 0 Å². The monoisotopic (exact) mass is 211 g/mol. The normalized spacial score (nSPS) is 26.2. The Morgan fingerprint density at radius 3 is 2.33 bits per heavy atom. The molecule has 0 atom stereocenters. The first-order valence-electron chi connectivity index (χ1n) is 6.53. The summed E-state index contributed by atoms with van der Waals surface area (Å²) in [6.45, 7) is 8.28. The standard InChI is InChI=1S/C12H25N3/c13-5-8-14-6-2-7-15(10-9-14)11-12-3-1-4-12/h12H,1-11,13H2. The molecule has 0 amide bonds. The largest absolute Gasteiger partial charge is 0.329 e. The van der Waals surface area contributed by atoms with Crippen LogP contribution in [0.2, 0.25) is 0 Å². The number of nitrogens with zero attached hydrogens (tertiary/aromatic N) is 2. The molecule has 88 valence electrons. The highest BCUT2D eigenvalue weighted by atomic mass is 15.2. The molecular weight excluding hydrogens is 186 g/mol. The van der Waals surface area contributed by atoms with Crippen molar-refractivity contribution in [2.75, 3.05) is 45.8 Å². The van der Waals surface area contributed by atoms with Gasteiger partial charge in [-0.15, -0.1) is 0 Å². The van der Waals surface area contributed by atoms with Crippen molar-refractivity contribution < 1.29 is 0 Å². The van der Waals surface area contributed by atoms with Crippen LogP contribution in [-0.2, 0) is 0 Å². The van der Waals surface area contributed by atoms with Gasteiger partial charge in [-0.3, -0.25) is 0 Å². The third-order valence-corrected chi connectivity index (χ3v) is 3.87. The first-order valence-corrected chi connectivity index (χ1v) is 6.53. The van der Waals surface area contributed by atoms with Gasteiger partial charge in [0.15, 0.2) is 0 Å². The summed E-state index contributed by atoms with van der Waals surface area (Å²) < 4.78 is 0. The Balaban J connectivity index is 1.68. The molecule has 1 aliphatic carbocycles. The van der Waals surface area contributed by atoms with Crippen LogP contribution in [0.5, 0.6) is 0 Å². The second kappa shape index (κ2) is 5.83. The maximum Gasteiger partial charge on any atom is 0.0110 e. The summed E-state index contributed by atoms with van der Waals surface area (Å²) in [7, 11) is 0. The summed E-state index contributed by atoms with van der Waals surface area (Å²) in [5.41, 5.74) is 5.60. The van der Waals surface area contributed by atoms with E-state index in [0.717, 1.165) is 19.0 Å². The first-order chi connectivity index (χ1) is 7.38. The van der Waals surface area contributed by atoms with E-state index in [1.54, 1.807) is 0 Å². The molecule has 0 unspecified atom stereocenters. The molecule has 3 heteroatoms. The fourth-order valence-electron chi connectivity index (χ4n) is 2.65. The average molecular weight is 211 g/mol. The molecule has 2 fully saturated rings. The molecule has 1 aliphatic heterocycles. The van der Waals surface area contributed by atoms with Gasteiger partial charge in [0.2, 0.25) is 0 Å². The number of nitrogens with two attached hydrogens (primary N) is 1. The summed E-state index contributed by atoms with van der Waals surface area (Å²) >= 11 is 0. The third-order valence-electron chi connectivity index (χ3n) is 3.87. The Bertz CT molecular complexity index is 180. The van der Waals surface area contributed by atoms with Gasteiger partial charge >= 0.3 is 0 Å². The number of hydrogen-bond acceptors (Lipinski definition) is 3. The van der Waals surface area contributed by atoms with Gasteiger partial charge in [0.1, 0.15) is 0 Å². The average Bonchev–Trinajstić information content (AvgIpc) is 2.38. The lowest BCUT2D eigenvalue weighted by molar-refractivity contribution is 0.180. The van der Waals surface area contributed by atoms with Crippen LogP contribution < -0.4 is 5.73 Å². The molecule has 1 heterocycles. The summed E-state index contributed by atoms with van der Waals surface area (Å²) in [5.74, 6) is 1.02. The second-order valence-corrected chi connectivity index (χ2v) is 5.08. The van der Waals surface area contributed by atoms with Crippen LogP contribution in [0.15, 0.2) is 0 Å². The highest BCUT2D eigenvalue weighted by Gasteiger charge is 2.22. The fourth-order valence-corrected chi connectivity index (χ4v) is 2.65. The van der Waals surface area contributed by atoms with Crippen molar-refractivity contribution in [1.82, 2.24) is 9.80 Å². The summed E-state index contributed by atoms with van der Waals surface area (Å²) in [5, 5.41) is 0. The van der Waals surface area contributed by atoms with E-state index in [4.69, 9.17) is 5.73 Å². The number of rotatable bonds is 4. The minimum absolute atomic E-state index is 0.808. The second-order valence-electron chi connectivity index (χ2n) is 5.08. The molecule has 3 nitrogen and oxygen atoms in total. The van der Waals surface area contributed by atoms with E-state index >= 15 is 0 Å². The summed E-state index contributed by atoms with van der Waals surface area (Å²) in [6.07, 6.45) is 5.75. The zero-order valence-electron chi connectivity index (χ0n) is 9.83. The molecule has 1 saturated carbocycles. The zero-order valence-corrected chi connectivity index (χ0v) is 9.83. The van der Waals surface area contributed by atoms with Gasteiger partial charge in [-0.25, -0.2) is 0 Å². The highest BCUT2D eigenvalue weighted by Crippen LogP contribution is 2.27. The van der Waals surface area contributed by atoms with E-state index < -0.39 is 0 Å². The SMILES string of the molecule is NCCN1CCCN(CC2CCC2)CC1. The molecule has 2 aliphatic rings. The van der Waals surface area contributed by atoms with Crippen molar-refractivity contribution in [3.63, 3.8) is 0 Å². The smallest absolute Gasteiger partial charge is 0.0110 e. The van der Waals surface area contributed by atoms with Crippen molar-refractivity contribution in [2.24, 2.45) is 11.7 Å². The molecule has 0 spiro atoms. The Morgan fingerprint density at radius 2 is 1.67 bits per heavy atom. The van der Waals surface area contributed by atoms with Crippen LogP contribution in [-0.4, -0.2) is 55.6 Å². The van der Waals surface area contributed by atoms with Gasteiger partial charge in [0.05, 0.1) is 0 Å². The lowest BCUT2D eigenvalue weighted by Crippen LogP contribution is -2.36. The predicted octanol–water partition coefficient (Wildman–Crippen LogP) is 0.753. The Labute approximate surface area is 93.6 Å². The van der Waals surface area contributed by atoms with E-state index in [2.05, 4.69) is 9.80 Å². The van der Waals surface area contributed by atoms with Gasteiger partial charge in [-0.1, -0.05) is 6.42 Å². The fraction of sp³-hybridized carbons (Fsp3) is 1.00. The summed E-state index contributed by atoms with van der Waals surface area (Å²) in [6, 6.07) is 0. The van der Waals surface area contributed by atoms with E-state index in [-0.39, 0.29) is 0 Å². The van der Waals surface area contributed by atoms with Crippen LogP contribution in [0.3, 0.4) is 0 Å². The summed E-state index contributed by atoms with van der Waals surface area (Å²) in [4.78, 5) is 5.18. The first kappa shape index (κ1) is 11.4. The molecular formula is C12H25N3. The molecule has 0 aromatic carbocycles. The zero-order chi connectivity index (χ0) is 10.5. The van der Waals surface area contributed by atoms with E-state index in [0.29, 0.717) is 0 Å². The lowest BCUT2D eigenvalue weighted by Gasteiger charge is -2.31. The number of hydrogen-bond donors (Lipinski definition) is 1. The molecule has 1 saturated heterocycles. The molecule has 2 N–H and O–H groups in total. The van der Waals surface area contributed by atoms with Crippen molar-refractivity contribution >= 4 is 0 Å². The minimum atomic E-state index is 0.808. The Hall–Kier alpha value is -0.120. The Morgan fingerprint density at radius 1 is 0.933 bits per heavy atom. The van der Waals surface area contributed by atoms with E-state index in [1.165, 1.54) is 58.4 Å². The molecule has 2 rings (SSSR count). The third kappa shape index (κ3) is 3.44. The van der Waals surface area contributed by atoms with Gasteiger partial charge < -0.3 is 15.5 Å². The van der Waals surface area contributed by atoms with Crippen LogP contribution in [0.25, 0.3) is 0 Å². The molecule has 0 aromatic heterocycles.